The highest BCUT2D eigenvalue weighted by molar-refractivity contribution is 7.89. The molecule has 108 valence electrons. The first-order valence-electron chi connectivity index (χ1n) is 6.57. The van der Waals surface area contributed by atoms with E-state index in [0.29, 0.717) is 24.8 Å². The molecule has 0 amide bonds. The fourth-order valence-corrected chi connectivity index (χ4v) is 2.98. The molecule has 0 aliphatic carbocycles. The summed E-state index contributed by atoms with van der Waals surface area (Å²) < 4.78 is 26.0. The van der Waals surface area contributed by atoms with Gasteiger partial charge in [0.15, 0.2) is 0 Å². The number of unbranched alkanes of at least 4 members (excludes halogenated alkanes) is 1. The zero-order chi connectivity index (χ0) is 14.3. The Morgan fingerprint density at radius 1 is 1.16 bits per heavy atom. The molecule has 3 nitrogen and oxygen atoms in total. The Balaban J connectivity index is 2.47. The summed E-state index contributed by atoms with van der Waals surface area (Å²) in [7, 11) is -3.19. The van der Waals surface area contributed by atoms with Gasteiger partial charge in [0.1, 0.15) is 0 Å². The molecule has 0 saturated heterocycles. The minimum Gasteiger partial charge on any atom is -0.212 e. The lowest BCUT2D eigenvalue weighted by atomic mass is 10.0. The maximum atomic E-state index is 11.7. The van der Waals surface area contributed by atoms with Crippen molar-refractivity contribution in [1.82, 2.24) is 4.72 Å². The van der Waals surface area contributed by atoms with E-state index in [1.807, 2.05) is 24.3 Å². The van der Waals surface area contributed by atoms with Crippen molar-refractivity contribution in [2.24, 2.45) is 0 Å². The Morgan fingerprint density at radius 2 is 1.79 bits per heavy atom. The topological polar surface area (TPSA) is 46.2 Å². The summed E-state index contributed by atoms with van der Waals surface area (Å²) in [4.78, 5) is 0. The molecule has 0 heterocycles. The first kappa shape index (κ1) is 16.5. The maximum absolute atomic E-state index is 11.7. The van der Waals surface area contributed by atoms with Gasteiger partial charge in [-0.05, 0) is 29.9 Å². The van der Waals surface area contributed by atoms with Gasteiger partial charge in [-0.25, -0.2) is 13.1 Å². The fourth-order valence-electron chi connectivity index (χ4n) is 1.67. The van der Waals surface area contributed by atoms with Crippen LogP contribution < -0.4 is 4.72 Å². The van der Waals surface area contributed by atoms with Gasteiger partial charge >= 0.3 is 0 Å². The van der Waals surface area contributed by atoms with Gasteiger partial charge in [0.2, 0.25) is 10.0 Å². The monoisotopic (exact) mass is 303 g/mol. The van der Waals surface area contributed by atoms with Gasteiger partial charge in [0, 0.05) is 12.4 Å². The highest BCUT2D eigenvalue weighted by Crippen LogP contribution is 2.14. The van der Waals surface area contributed by atoms with Crippen LogP contribution in [0.25, 0.3) is 0 Å². The predicted octanol–water partition coefficient (Wildman–Crippen LogP) is 3.25. The number of hydrogen-bond acceptors (Lipinski definition) is 2. The maximum Gasteiger partial charge on any atom is 0.211 e. The van der Waals surface area contributed by atoms with Crippen LogP contribution in [0.2, 0.25) is 0 Å². The fraction of sp³-hybridized carbons (Fsp3) is 0.571. The quantitative estimate of drug-likeness (QED) is 0.592. The van der Waals surface area contributed by atoms with Gasteiger partial charge in [-0.1, -0.05) is 38.1 Å². The summed E-state index contributed by atoms with van der Waals surface area (Å²) in [5, 5.41) is 0. The molecule has 1 aromatic rings. The molecular weight excluding hydrogens is 282 g/mol. The molecule has 0 unspecified atom stereocenters. The van der Waals surface area contributed by atoms with E-state index in [9.17, 15) is 8.42 Å². The molecule has 0 aromatic heterocycles. The zero-order valence-corrected chi connectivity index (χ0v) is 13.1. The van der Waals surface area contributed by atoms with Gasteiger partial charge in [-0.15, -0.1) is 11.6 Å². The zero-order valence-electron chi connectivity index (χ0n) is 11.5. The van der Waals surface area contributed by atoms with Crippen molar-refractivity contribution in [2.75, 3.05) is 11.6 Å². The first-order valence-corrected chi connectivity index (χ1v) is 8.75. The van der Waals surface area contributed by atoms with Gasteiger partial charge in [0.05, 0.1) is 5.75 Å². The van der Waals surface area contributed by atoms with Crippen molar-refractivity contribution in [2.45, 2.75) is 39.2 Å². The Kier molecular flexibility index (Phi) is 6.83. The molecule has 0 atom stereocenters. The van der Waals surface area contributed by atoms with Crippen molar-refractivity contribution >= 4 is 21.6 Å². The van der Waals surface area contributed by atoms with E-state index in [2.05, 4.69) is 18.6 Å². The first-order chi connectivity index (χ1) is 8.94. The van der Waals surface area contributed by atoms with Gasteiger partial charge < -0.3 is 0 Å². The molecule has 0 saturated carbocycles. The van der Waals surface area contributed by atoms with Crippen LogP contribution in [-0.4, -0.2) is 20.1 Å². The normalized spacial score (nSPS) is 12.0. The summed E-state index contributed by atoms with van der Waals surface area (Å²) in [5.74, 6) is 1.14. The van der Waals surface area contributed by atoms with Crippen molar-refractivity contribution in [3.63, 3.8) is 0 Å². The minimum absolute atomic E-state index is 0.143. The Bertz CT molecular complexity index is 469. The number of rotatable bonds is 8. The van der Waals surface area contributed by atoms with Crippen LogP contribution in [0, 0.1) is 0 Å². The summed E-state index contributed by atoms with van der Waals surface area (Å²) >= 11 is 5.53. The lowest BCUT2D eigenvalue weighted by Gasteiger charge is -2.08. The van der Waals surface area contributed by atoms with Crippen molar-refractivity contribution in [3.05, 3.63) is 35.4 Å². The molecule has 1 aromatic carbocycles. The van der Waals surface area contributed by atoms with Crippen LogP contribution in [-0.2, 0) is 16.6 Å². The molecule has 0 aliphatic heterocycles. The van der Waals surface area contributed by atoms with E-state index < -0.39 is 10.0 Å². The van der Waals surface area contributed by atoms with Gasteiger partial charge in [-0.3, -0.25) is 0 Å². The Hall–Kier alpha value is -0.580. The number of nitrogens with one attached hydrogen (secondary N) is 1. The van der Waals surface area contributed by atoms with E-state index in [0.717, 1.165) is 12.0 Å². The number of hydrogen-bond donors (Lipinski definition) is 1. The molecule has 19 heavy (non-hydrogen) atoms. The molecule has 0 bridgehead atoms. The Morgan fingerprint density at radius 3 is 2.32 bits per heavy atom. The van der Waals surface area contributed by atoms with E-state index in [1.165, 1.54) is 5.56 Å². The van der Waals surface area contributed by atoms with Crippen LogP contribution in [0.1, 0.15) is 43.7 Å². The molecule has 0 fully saturated rings. The van der Waals surface area contributed by atoms with Crippen LogP contribution in [0.15, 0.2) is 24.3 Å². The number of halogens is 1. The second kappa shape index (κ2) is 7.88. The van der Waals surface area contributed by atoms with Crippen molar-refractivity contribution in [3.8, 4) is 0 Å². The second-order valence-electron chi connectivity index (χ2n) is 4.93. The third-order valence-corrected chi connectivity index (χ3v) is 4.62. The third-order valence-electron chi connectivity index (χ3n) is 2.94. The number of sulfonamides is 1. The highest BCUT2D eigenvalue weighted by atomic mass is 35.5. The predicted molar refractivity (Wildman–Crippen MR) is 81.1 cm³/mol. The molecule has 5 heteroatoms. The van der Waals surface area contributed by atoms with E-state index in [4.69, 9.17) is 11.6 Å². The minimum atomic E-state index is -3.19. The summed E-state index contributed by atoms with van der Waals surface area (Å²) in [5.41, 5.74) is 2.24. The molecule has 0 radical (unpaired) electrons. The Labute approximate surface area is 121 Å². The van der Waals surface area contributed by atoms with Crippen LogP contribution in [0.3, 0.4) is 0 Å². The van der Waals surface area contributed by atoms with E-state index >= 15 is 0 Å². The van der Waals surface area contributed by atoms with Crippen molar-refractivity contribution < 1.29 is 8.42 Å². The smallest absolute Gasteiger partial charge is 0.211 e. The summed E-state index contributed by atoms with van der Waals surface area (Å²) in [6.45, 7) is 4.62. The van der Waals surface area contributed by atoms with Crippen LogP contribution in [0.5, 0.6) is 0 Å². The standard InChI is InChI=1S/C14H22ClNO2S/c1-12(2)14-7-5-13(6-8-14)11-16-19(17,18)10-4-3-9-15/h5-8,12,16H,3-4,9-11H2,1-2H3. The lowest BCUT2D eigenvalue weighted by molar-refractivity contribution is 0.578. The average Bonchev–Trinajstić information content (AvgIpc) is 2.37. The average molecular weight is 304 g/mol. The van der Waals surface area contributed by atoms with Gasteiger partial charge in [0.25, 0.3) is 0 Å². The largest absolute Gasteiger partial charge is 0.212 e. The number of benzene rings is 1. The molecule has 1 N–H and O–H groups in total. The molecule has 1 rings (SSSR count). The van der Waals surface area contributed by atoms with Gasteiger partial charge in [-0.2, -0.15) is 0 Å². The van der Waals surface area contributed by atoms with E-state index in [1.54, 1.807) is 0 Å². The molecule has 0 aliphatic rings. The summed E-state index contributed by atoms with van der Waals surface area (Å²) in [6, 6.07) is 8.02. The summed E-state index contributed by atoms with van der Waals surface area (Å²) in [6.07, 6.45) is 1.33. The van der Waals surface area contributed by atoms with E-state index in [-0.39, 0.29) is 5.75 Å². The third kappa shape index (κ3) is 6.41. The molecule has 0 spiro atoms. The molecular formula is C14H22ClNO2S. The second-order valence-corrected chi connectivity index (χ2v) is 7.24. The SMILES string of the molecule is CC(C)c1ccc(CNS(=O)(=O)CCCCCl)cc1. The van der Waals surface area contributed by atoms with Crippen LogP contribution >= 0.6 is 11.6 Å². The lowest BCUT2D eigenvalue weighted by Crippen LogP contribution is -2.26. The number of alkyl halides is 1. The van der Waals surface area contributed by atoms with Crippen LogP contribution in [0.4, 0.5) is 0 Å². The van der Waals surface area contributed by atoms with Crippen molar-refractivity contribution in [1.29, 1.82) is 0 Å². The highest BCUT2D eigenvalue weighted by Gasteiger charge is 2.09.